The predicted molar refractivity (Wildman–Crippen MR) is 111 cm³/mol. The number of hydrogen-bond acceptors (Lipinski definition) is 2. The van der Waals surface area contributed by atoms with Crippen molar-refractivity contribution in [3.63, 3.8) is 0 Å². The fraction of sp³-hybridized carbons (Fsp3) is 0.292. The molecule has 1 N–H and O–H groups in total. The van der Waals surface area contributed by atoms with E-state index in [1.807, 2.05) is 37.3 Å². The van der Waals surface area contributed by atoms with Gasteiger partial charge in [-0.3, -0.25) is 4.79 Å². The van der Waals surface area contributed by atoms with Gasteiger partial charge in [0, 0.05) is 11.9 Å². The van der Waals surface area contributed by atoms with Crippen LogP contribution in [0.15, 0.2) is 66.7 Å². The zero-order chi connectivity index (χ0) is 19.1. The van der Waals surface area contributed by atoms with Gasteiger partial charge >= 0.3 is 0 Å². The summed E-state index contributed by atoms with van der Waals surface area (Å²) in [7, 11) is 0. The number of ether oxygens (including phenoxy) is 1. The van der Waals surface area contributed by atoms with Gasteiger partial charge in [0.2, 0.25) is 0 Å². The first kappa shape index (κ1) is 19.0. The van der Waals surface area contributed by atoms with Crippen molar-refractivity contribution in [2.45, 2.75) is 39.2 Å². The lowest BCUT2D eigenvalue weighted by atomic mass is 10.1. The van der Waals surface area contributed by atoms with Crippen LogP contribution in [0.5, 0.6) is 5.75 Å². The molecule has 0 aliphatic carbocycles. The Labute approximate surface area is 161 Å². The van der Waals surface area contributed by atoms with Crippen molar-refractivity contribution >= 4 is 16.7 Å². The molecule has 0 fully saturated rings. The molecular formula is C24H27NO2. The minimum Gasteiger partial charge on any atom is -0.480 e. The number of benzene rings is 3. The van der Waals surface area contributed by atoms with Crippen molar-refractivity contribution in [1.82, 2.24) is 5.32 Å². The van der Waals surface area contributed by atoms with Crippen LogP contribution in [0, 0.1) is 6.92 Å². The molecule has 3 aromatic rings. The van der Waals surface area contributed by atoms with Crippen molar-refractivity contribution in [3.8, 4) is 5.75 Å². The second kappa shape index (κ2) is 9.22. The van der Waals surface area contributed by atoms with E-state index in [1.165, 1.54) is 11.1 Å². The number of amides is 1. The zero-order valence-corrected chi connectivity index (χ0v) is 16.1. The average molecular weight is 361 g/mol. The standard InChI is InChI=1S/C24H27NO2/c1-3-22(27-23-15-7-13-20-12-4-5-14-21(20)23)24(26)25-16-8-11-19-10-6-9-18(2)17-19/h4-7,9-10,12-15,17,22H,3,8,11,16H2,1-2H3,(H,25,26)/t22-/m0/s1. The smallest absolute Gasteiger partial charge is 0.261 e. The molecule has 1 atom stereocenters. The van der Waals surface area contributed by atoms with Crippen molar-refractivity contribution < 1.29 is 9.53 Å². The molecular weight excluding hydrogens is 334 g/mol. The number of fused-ring (bicyclic) bond motifs is 1. The van der Waals surface area contributed by atoms with Crippen molar-refractivity contribution in [3.05, 3.63) is 77.9 Å². The zero-order valence-electron chi connectivity index (χ0n) is 16.1. The maximum Gasteiger partial charge on any atom is 0.261 e. The van der Waals surface area contributed by atoms with Gasteiger partial charge in [0.1, 0.15) is 5.75 Å². The molecule has 3 aromatic carbocycles. The molecule has 0 radical (unpaired) electrons. The predicted octanol–water partition coefficient (Wildman–Crippen LogP) is 5.05. The van der Waals surface area contributed by atoms with Crippen molar-refractivity contribution in [1.29, 1.82) is 0 Å². The van der Waals surface area contributed by atoms with E-state index in [0.29, 0.717) is 13.0 Å². The Morgan fingerprint density at radius 2 is 1.81 bits per heavy atom. The molecule has 0 aliphatic heterocycles. The third-order valence-corrected chi connectivity index (χ3v) is 4.71. The molecule has 3 rings (SSSR count). The van der Waals surface area contributed by atoms with Crippen LogP contribution in [0.2, 0.25) is 0 Å². The highest BCUT2D eigenvalue weighted by atomic mass is 16.5. The summed E-state index contributed by atoms with van der Waals surface area (Å²) in [6.07, 6.45) is 2.03. The SMILES string of the molecule is CC[C@H](Oc1cccc2ccccc12)C(=O)NCCCc1cccc(C)c1. The fourth-order valence-electron chi connectivity index (χ4n) is 3.26. The molecule has 1 amide bonds. The van der Waals surface area contributed by atoms with Gasteiger partial charge in [-0.2, -0.15) is 0 Å². The third-order valence-electron chi connectivity index (χ3n) is 4.71. The minimum atomic E-state index is -0.477. The summed E-state index contributed by atoms with van der Waals surface area (Å²) in [6.45, 7) is 4.73. The van der Waals surface area contributed by atoms with Gasteiger partial charge in [-0.05, 0) is 43.2 Å². The summed E-state index contributed by atoms with van der Waals surface area (Å²) < 4.78 is 6.06. The molecule has 0 aromatic heterocycles. The monoisotopic (exact) mass is 361 g/mol. The van der Waals surface area contributed by atoms with Gasteiger partial charge in [0.15, 0.2) is 6.10 Å². The second-order valence-electron chi connectivity index (χ2n) is 6.88. The number of hydrogen-bond donors (Lipinski definition) is 1. The molecule has 3 heteroatoms. The fourth-order valence-corrected chi connectivity index (χ4v) is 3.26. The van der Waals surface area contributed by atoms with Crippen LogP contribution in [0.1, 0.15) is 30.9 Å². The first-order chi connectivity index (χ1) is 13.2. The quantitative estimate of drug-likeness (QED) is 0.570. The highest BCUT2D eigenvalue weighted by Gasteiger charge is 2.18. The summed E-state index contributed by atoms with van der Waals surface area (Å²) >= 11 is 0. The summed E-state index contributed by atoms with van der Waals surface area (Å²) in [6, 6.07) is 22.5. The molecule has 0 saturated carbocycles. The van der Waals surface area contributed by atoms with E-state index in [1.54, 1.807) is 0 Å². The number of rotatable bonds is 8. The molecule has 3 nitrogen and oxygen atoms in total. The Hall–Kier alpha value is -2.81. The van der Waals surface area contributed by atoms with Gasteiger partial charge in [0.25, 0.3) is 5.91 Å². The van der Waals surface area contributed by atoms with Crippen LogP contribution in [0.4, 0.5) is 0 Å². The second-order valence-corrected chi connectivity index (χ2v) is 6.88. The normalized spacial score (nSPS) is 11.9. The van der Waals surface area contributed by atoms with E-state index in [-0.39, 0.29) is 5.91 Å². The Bertz CT molecular complexity index is 898. The highest BCUT2D eigenvalue weighted by Crippen LogP contribution is 2.26. The molecule has 0 saturated heterocycles. The highest BCUT2D eigenvalue weighted by molar-refractivity contribution is 5.89. The molecule has 0 heterocycles. The summed E-state index contributed by atoms with van der Waals surface area (Å²) in [5.74, 6) is 0.713. The van der Waals surface area contributed by atoms with Gasteiger partial charge in [-0.25, -0.2) is 0 Å². The van der Waals surface area contributed by atoms with Crippen molar-refractivity contribution in [2.24, 2.45) is 0 Å². The molecule has 0 unspecified atom stereocenters. The lowest BCUT2D eigenvalue weighted by Crippen LogP contribution is -2.38. The summed E-state index contributed by atoms with van der Waals surface area (Å²) in [5, 5.41) is 5.17. The van der Waals surface area contributed by atoms with E-state index in [2.05, 4.69) is 48.6 Å². The van der Waals surface area contributed by atoms with E-state index < -0.39 is 6.10 Å². The van der Waals surface area contributed by atoms with Crippen molar-refractivity contribution in [2.75, 3.05) is 6.54 Å². The first-order valence-electron chi connectivity index (χ1n) is 9.65. The Balaban J connectivity index is 1.54. The van der Waals surface area contributed by atoms with E-state index in [4.69, 9.17) is 4.74 Å². The number of carbonyl (C=O) groups is 1. The topological polar surface area (TPSA) is 38.3 Å². The third kappa shape index (κ3) is 5.10. The molecule has 0 bridgehead atoms. The van der Waals surface area contributed by atoms with Crippen LogP contribution in [0.25, 0.3) is 10.8 Å². The maximum atomic E-state index is 12.5. The van der Waals surface area contributed by atoms with E-state index in [9.17, 15) is 4.79 Å². The average Bonchev–Trinajstić information content (AvgIpc) is 2.69. The van der Waals surface area contributed by atoms with Crippen LogP contribution in [-0.4, -0.2) is 18.6 Å². The van der Waals surface area contributed by atoms with Crippen LogP contribution >= 0.6 is 0 Å². The lowest BCUT2D eigenvalue weighted by molar-refractivity contribution is -0.128. The van der Waals surface area contributed by atoms with Gasteiger partial charge in [0.05, 0.1) is 0 Å². The maximum absolute atomic E-state index is 12.5. The largest absolute Gasteiger partial charge is 0.480 e. The lowest BCUT2D eigenvalue weighted by Gasteiger charge is -2.18. The number of aryl methyl sites for hydroxylation is 2. The molecule has 0 aliphatic rings. The number of carbonyl (C=O) groups excluding carboxylic acids is 1. The van der Waals surface area contributed by atoms with Gasteiger partial charge in [-0.15, -0.1) is 0 Å². The van der Waals surface area contributed by atoms with Gasteiger partial charge < -0.3 is 10.1 Å². The summed E-state index contributed by atoms with van der Waals surface area (Å²) in [4.78, 5) is 12.5. The molecule has 0 spiro atoms. The van der Waals surface area contributed by atoms with Gasteiger partial charge in [-0.1, -0.05) is 73.2 Å². The Morgan fingerprint density at radius 1 is 1.04 bits per heavy atom. The number of nitrogens with one attached hydrogen (secondary N) is 1. The Morgan fingerprint density at radius 3 is 2.63 bits per heavy atom. The van der Waals surface area contributed by atoms with E-state index in [0.717, 1.165) is 29.4 Å². The Kier molecular flexibility index (Phi) is 6.48. The minimum absolute atomic E-state index is 0.0466. The van der Waals surface area contributed by atoms with Crippen LogP contribution < -0.4 is 10.1 Å². The summed E-state index contributed by atoms with van der Waals surface area (Å²) in [5.41, 5.74) is 2.58. The molecule has 140 valence electrons. The van der Waals surface area contributed by atoms with E-state index >= 15 is 0 Å². The van der Waals surface area contributed by atoms with Crippen LogP contribution in [-0.2, 0) is 11.2 Å². The molecule has 27 heavy (non-hydrogen) atoms. The van der Waals surface area contributed by atoms with Crippen LogP contribution in [0.3, 0.4) is 0 Å². The first-order valence-corrected chi connectivity index (χ1v) is 9.65.